The number of nitrogens with one attached hydrogen (secondary N) is 1. The highest BCUT2D eigenvalue weighted by atomic mass is 35.5. The second-order valence-corrected chi connectivity index (χ2v) is 10.4. The average molecular weight is 417 g/mol. The fourth-order valence-corrected chi connectivity index (χ4v) is 5.30. The quantitative estimate of drug-likeness (QED) is 0.660. The molecular formula is C20H21ClN4O2S. The van der Waals surface area contributed by atoms with Gasteiger partial charge in [-0.15, -0.1) is 0 Å². The summed E-state index contributed by atoms with van der Waals surface area (Å²) in [6, 6.07) is 7.65. The van der Waals surface area contributed by atoms with Crippen LogP contribution in [-0.2, 0) is 9.52 Å². The Morgan fingerprint density at radius 3 is 2.61 bits per heavy atom. The molecule has 1 fully saturated rings. The van der Waals surface area contributed by atoms with Crippen molar-refractivity contribution >= 4 is 49.6 Å². The predicted molar refractivity (Wildman–Crippen MR) is 115 cm³/mol. The molecule has 0 spiro atoms. The van der Waals surface area contributed by atoms with Crippen molar-refractivity contribution in [3.8, 4) is 0 Å². The van der Waals surface area contributed by atoms with Gasteiger partial charge >= 0.3 is 0 Å². The van der Waals surface area contributed by atoms with E-state index in [-0.39, 0.29) is 11.9 Å². The minimum absolute atomic E-state index is 0.115. The van der Waals surface area contributed by atoms with Crippen LogP contribution in [0.1, 0.15) is 34.8 Å². The first-order valence-electron chi connectivity index (χ1n) is 9.06. The summed E-state index contributed by atoms with van der Waals surface area (Å²) in [5.41, 5.74) is 2.75. The Labute approximate surface area is 168 Å². The highest BCUT2D eigenvalue weighted by Crippen LogP contribution is 2.31. The van der Waals surface area contributed by atoms with E-state index in [4.69, 9.17) is 11.6 Å². The average Bonchev–Trinajstić information content (AvgIpc) is 3.09. The molecule has 8 heteroatoms. The van der Waals surface area contributed by atoms with Gasteiger partial charge in [0, 0.05) is 23.4 Å². The van der Waals surface area contributed by atoms with Crippen LogP contribution in [0, 0.1) is 6.92 Å². The van der Waals surface area contributed by atoms with Crippen LogP contribution >= 0.6 is 11.6 Å². The lowest BCUT2D eigenvalue weighted by Crippen LogP contribution is -2.26. The Hall–Kier alpha value is -2.38. The number of hydrogen-bond acceptors (Lipinski definition) is 4. The maximum Gasteiger partial charge on any atom is 0.258 e. The standard InChI is InChI=1S/C20H21ClN4O2S/c1-13-3-5-14(6-4-13)24-20(26)17-11-22-19-16(18(17)21)12-23-25(19)15-7-9-28(2,27)10-8-15/h3-6,11-12,15H,2,7-10H2,1H3,(H,24,26). The SMILES string of the molecule is C=S1(=O)CCC(n2ncc3c(Cl)c(C(=O)Nc4ccc(C)cc4)cnc32)CC1. The monoisotopic (exact) mass is 416 g/mol. The number of pyridine rings is 1. The van der Waals surface area contributed by atoms with Crippen LogP contribution in [0.2, 0.25) is 5.02 Å². The highest BCUT2D eigenvalue weighted by Gasteiger charge is 2.25. The van der Waals surface area contributed by atoms with Crippen molar-refractivity contribution in [2.24, 2.45) is 0 Å². The van der Waals surface area contributed by atoms with Crippen molar-refractivity contribution in [3.05, 3.63) is 52.8 Å². The number of amides is 1. The number of fused-ring (bicyclic) bond motifs is 1. The fraction of sp³-hybridized carbons (Fsp3) is 0.300. The van der Waals surface area contributed by atoms with E-state index in [9.17, 15) is 9.00 Å². The third-order valence-electron chi connectivity index (χ3n) is 5.10. The van der Waals surface area contributed by atoms with Crippen molar-refractivity contribution in [3.63, 3.8) is 0 Å². The van der Waals surface area contributed by atoms with Gasteiger partial charge in [0.05, 0.1) is 28.2 Å². The van der Waals surface area contributed by atoms with Gasteiger partial charge in [0.1, 0.15) is 0 Å². The molecule has 28 heavy (non-hydrogen) atoms. The maximum absolute atomic E-state index is 12.6. The third kappa shape index (κ3) is 3.64. The molecule has 1 amide bonds. The number of aryl methyl sites for hydroxylation is 1. The van der Waals surface area contributed by atoms with E-state index in [1.54, 1.807) is 6.20 Å². The van der Waals surface area contributed by atoms with Gasteiger partial charge in [-0.2, -0.15) is 5.10 Å². The number of halogens is 1. The Kier molecular flexibility index (Phi) is 4.89. The van der Waals surface area contributed by atoms with Crippen molar-refractivity contribution in [2.75, 3.05) is 16.8 Å². The van der Waals surface area contributed by atoms with E-state index in [0.717, 1.165) is 18.4 Å². The maximum atomic E-state index is 12.6. The summed E-state index contributed by atoms with van der Waals surface area (Å²) in [4.78, 5) is 17.1. The van der Waals surface area contributed by atoms with Gasteiger partial charge < -0.3 is 5.32 Å². The molecule has 0 saturated carbocycles. The topological polar surface area (TPSA) is 76.9 Å². The molecule has 6 nitrogen and oxygen atoms in total. The van der Waals surface area contributed by atoms with E-state index in [0.29, 0.717) is 38.8 Å². The van der Waals surface area contributed by atoms with Crippen LogP contribution in [0.15, 0.2) is 36.7 Å². The minimum atomic E-state index is -1.96. The molecule has 0 aliphatic carbocycles. The Balaban J connectivity index is 1.61. The molecule has 0 unspecified atom stereocenters. The zero-order valence-corrected chi connectivity index (χ0v) is 17.1. The normalized spacial score (nSPS) is 22.3. The molecule has 1 aliphatic heterocycles. The van der Waals surface area contributed by atoms with E-state index in [2.05, 4.69) is 21.3 Å². The van der Waals surface area contributed by atoms with Crippen molar-refractivity contribution in [1.29, 1.82) is 0 Å². The van der Waals surface area contributed by atoms with Crippen LogP contribution in [0.4, 0.5) is 5.69 Å². The van der Waals surface area contributed by atoms with E-state index < -0.39 is 9.52 Å². The number of benzene rings is 1. The van der Waals surface area contributed by atoms with Gasteiger partial charge in [-0.05, 0) is 47.3 Å². The predicted octanol–water partition coefficient (Wildman–Crippen LogP) is 3.70. The van der Waals surface area contributed by atoms with Crippen molar-refractivity contribution < 1.29 is 9.00 Å². The first kappa shape index (κ1) is 19.0. The number of anilines is 1. The molecule has 3 heterocycles. The largest absolute Gasteiger partial charge is 0.322 e. The van der Waals surface area contributed by atoms with Gasteiger partial charge in [-0.1, -0.05) is 29.3 Å². The van der Waals surface area contributed by atoms with Crippen LogP contribution in [0.5, 0.6) is 0 Å². The molecule has 3 aromatic rings. The molecular weight excluding hydrogens is 396 g/mol. The van der Waals surface area contributed by atoms with Gasteiger partial charge in [0.25, 0.3) is 5.91 Å². The smallest absolute Gasteiger partial charge is 0.258 e. The molecule has 1 N–H and O–H groups in total. The molecule has 2 aromatic heterocycles. The van der Waals surface area contributed by atoms with Crippen LogP contribution in [-0.4, -0.2) is 42.3 Å². The molecule has 0 atom stereocenters. The zero-order valence-electron chi connectivity index (χ0n) is 15.5. The Morgan fingerprint density at radius 1 is 1.25 bits per heavy atom. The van der Waals surface area contributed by atoms with Crippen LogP contribution < -0.4 is 5.32 Å². The molecule has 0 radical (unpaired) electrons. The highest BCUT2D eigenvalue weighted by molar-refractivity contribution is 8.00. The summed E-state index contributed by atoms with van der Waals surface area (Å²) >= 11 is 6.52. The first-order valence-corrected chi connectivity index (χ1v) is 11.5. The summed E-state index contributed by atoms with van der Waals surface area (Å²) in [5.74, 6) is 4.67. The van der Waals surface area contributed by atoms with Crippen molar-refractivity contribution in [2.45, 2.75) is 25.8 Å². The number of carbonyl (C=O) groups excluding carboxylic acids is 1. The van der Waals surface area contributed by atoms with Crippen LogP contribution in [0.3, 0.4) is 0 Å². The van der Waals surface area contributed by atoms with Crippen molar-refractivity contribution in [1.82, 2.24) is 14.8 Å². The second kappa shape index (κ2) is 7.22. The summed E-state index contributed by atoms with van der Waals surface area (Å²) < 4.78 is 13.9. The Morgan fingerprint density at radius 2 is 1.93 bits per heavy atom. The molecule has 0 bridgehead atoms. The lowest BCUT2D eigenvalue weighted by molar-refractivity contribution is 0.102. The summed E-state index contributed by atoms with van der Waals surface area (Å²) in [6.07, 6.45) is 4.62. The molecule has 1 aromatic carbocycles. The molecule has 1 saturated heterocycles. The molecule has 4 rings (SSSR count). The zero-order chi connectivity index (χ0) is 19.9. The fourth-order valence-electron chi connectivity index (χ4n) is 3.42. The van der Waals surface area contributed by atoms with Gasteiger partial charge in [-0.3, -0.25) is 9.00 Å². The molecule has 1 aliphatic rings. The number of nitrogens with zero attached hydrogens (tertiary/aromatic N) is 3. The summed E-state index contributed by atoms with van der Waals surface area (Å²) in [7, 11) is -1.96. The van der Waals surface area contributed by atoms with Gasteiger partial charge in [0.15, 0.2) is 5.65 Å². The van der Waals surface area contributed by atoms with Gasteiger partial charge in [-0.25, -0.2) is 9.67 Å². The first-order chi connectivity index (χ1) is 13.3. The number of aromatic nitrogens is 3. The van der Waals surface area contributed by atoms with E-state index >= 15 is 0 Å². The lowest BCUT2D eigenvalue weighted by atomic mass is 10.1. The third-order valence-corrected chi connectivity index (χ3v) is 7.47. The summed E-state index contributed by atoms with van der Waals surface area (Å²) in [5, 5.41) is 8.26. The lowest BCUT2D eigenvalue weighted by Gasteiger charge is -2.25. The van der Waals surface area contributed by atoms with Crippen LogP contribution in [0.25, 0.3) is 11.0 Å². The number of hydrogen-bond donors (Lipinski definition) is 1. The van der Waals surface area contributed by atoms with E-state index in [1.807, 2.05) is 35.9 Å². The Bertz CT molecular complexity index is 1140. The molecule has 146 valence electrons. The minimum Gasteiger partial charge on any atom is -0.322 e. The summed E-state index contributed by atoms with van der Waals surface area (Å²) in [6.45, 7) is 1.99. The number of rotatable bonds is 3. The second-order valence-electron chi connectivity index (χ2n) is 7.24. The van der Waals surface area contributed by atoms with E-state index in [1.165, 1.54) is 6.20 Å². The van der Waals surface area contributed by atoms with Gasteiger partial charge in [0.2, 0.25) is 0 Å². The number of carbonyl (C=O) groups is 1.